The Hall–Kier alpha value is -2.10. The average Bonchev–Trinajstić information content (AvgIpc) is 2.26. The molecule has 0 saturated heterocycles. The van der Waals surface area contributed by atoms with Crippen molar-refractivity contribution in [1.82, 2.24) is 5.32 Å². The first-order chi connectivity index (χ1) is 8.43. The summed E-state index contributed by atoms with van der Waals surface area (Å²) in [6.45, 7) is 7.26. The number of carboxylic acid groups (broad SMARTS) is 1. The van der Waals surface area contributed by atoms with E-state index in [4.69, 9.17) is 5.11 Å². The van der Waals surface area contributed by atoms with E-state index in [2.05, 4.69) is 11.9 Å². The van der Waals surface area contributed by atoms with Gasteiger partial charge in [-0.1, -0.05) is 23.3 Å². The molecular weight excluding hydrogens is 230 g/mol. The fraction of sp³-hybridized carbons (Fsp3) is 0.286. The Kier molecular flexibility index (Phi) is 4.66. The minimum Gasteiger partial charge on any atom is -0.480 e. The average molecular weight is 247 g/mol. The van der Waals surface area contributed by atoms with E-state index in [1.807, 2.05) is 19.9 Å². The van der Waals surface area contributed by atoms with Gasteiger partial charge in [0.1, 0.15) is 6.04 Å². The highest BCUT2D eigenvalue weighted by molar-refractivity contribution is 5.96. The molecule has 18 heavy (non-hydrogen) atoms. The molecule has 0 aliphatic rings. The van der Waals surface area contributed by atoms with E-state index in [-0.39, 0.29) is 12.3 Å². The minimum atomic E-state index is -1.06. The number of carbonyl (C=O) groups excluding carboxylic acids is 1. The molecule has 1 atom stereocenters. The third-order valence-electron chi connectivity index (χ3n) is 2.49. The highest BCUT2D eigenvalue weighted by Crippen LogP contribution is 2.09. The predicted octanol–water partition coefficient (Wildman–Crippen LogP) is 2.06. The van der Waals surface area contributed by atoms with Crippen molar-refractivity contribution in [3.05, 3.63) is 47.5 Å². The van der Waals surface area contributed by atoms with Gasteiger partial charge in [-0.25, -0.2) is 4.79 Å². The maximum Gasteiger partial charge on any atom is 0.326 e. The van der Waals surface area contributed by atoms with Gasteiger partial charge in [0.25, 0.3) is 5.91 Å². The first-order valence-corrected chi connectivity index (χ1v) is 5.67. The lowest BCUT2D eigenvalue weighted by Crippen LogP contribution is -2.40. The highest BCUT2D eigenvalue weighted by atomic mass is 16.4. The van der Waals surface area contributed by atoms with Gasteiger partial charge in [0.2, 0.25) is 0 Å². The number of aryl methyl sites for hydroxylation is 2. The molecule has 2 N–H and O–H groups in total. The lowest BCUT2D eigenvalue weighted by molar-refractivity contribution is -0.139. The molecule has 0 spiro atoms. The number of rotatable bonds is 5. The molecule has 1 amide bonds. The number of hydrogen-bond acceptors (Lipinski definition) is 2. The van der Waals surface area contributed by atoms with Crippen LogP contribution in [0.2, 0.25) is 0 Å². The highest BCUT2D eigenvalue weighted by Gasteiger charge is 2.19. The van der Waals surface area contributed by atoms with E-state index < -0.39 is 12.0 Å². The maximum absolute atomic E-state index is 11.9. The molecule has 0 aliphatic carbocycles. The molecule has 1 aromatic rings. The quantitative estimate of drug-likeness (QED) is 0.783. The molecule has 0 radical (unpaired) electrons. The molecule has 4 heteroatoms. The number of hydrogen-bond donors (Lipinski definition) is 2. The molecule has 0 saturated carbocycles. The molecule has 4 nitrogen and oxygen atoms in total. The van der Waals surface area contributed by atoms with E-state index in [1.165, 1.54) is 6.08 Å². The van der Waals surface area contributed by atoms with Crippen molar-refractivity contribution in [3.63, 3.8) is 0 Å². The Morgan fingerprint density at radius 3 is 2.33 bits per heavy atom. The standard InChI is InChI=1S/C14H17NO3/c1-4-5-12(14(17)18)15-13(16)11-7-9(2)6-10(3)8-11/h4,6-8,12H,1,5H2,2-3H3,(H,15,16)(H,17,18)/t12-/m0/s1. The van der Waals surface area contributed by atoms with Crippen LogP contribution in [0.25, 0.3) is 0 Å². The normalized spacial score (nSPS) is 11.7. The summed E-state index contributed by atoms with van der Waals surface area (Å²) < 4.78 is 0. The summed E-state index contributed by atoms with van der Waals surface area (Å²) >= 11 is 0. The van der Waals surface area contributed by atoms with Crippen molar-refractivity contribution in [2.45, 2.75) is 26.3 Å². The molecule has 0 unspecified atom stereocenters. The van der Waals surface area contributed by atoms with Crippen molar-refractivity contribution < 1.29 is 14.7 Å². The van der Waals surface area contributed by atoms with Gasteiger partial charge in [-0.3, -0.25) is 4.79 Å². The molecule has 0 bridgehead atoms. The van der Waals surface area contributed by atoms with Crippen molar-refractivity contribution in [3.8, 4) is 0 Å². The third-order valence-corrected chi connectivity index (χ3v) is 2.49. The number of carboxylic acids is 1. The summed E-state index contributed by atoms with van der Waals surface area (Å²) in [7, 11) is 0. The first kappa shape index (κ1) is 14.0. The van der Waals surface area contributed by atoms with Gasteiger partial charge in [-0.15, -0.1) is 6.58 Å². The van der Waals surface area contributed by atoms with E-state index in [1.54, 1.807) is 12.1 Å². The Bertz CT molecular complexity index is 460. The van der Waals surface area contributed by atoms with Gasteiger partial charge in [-0.05, 0) is 32.4 Å². The summed E-state index contributed by atoms with van der Waals surface area (Å²) in [5, 5.41) is 11.4. The van der Waals surface area contributed by atoms with E-state index >= 15 is 0 Å². The molecule has 0 aliphatic heterocycles. The van der Waals surface area contributed by atoms with Crippen LogP contribution in [0.4, 0.5) is 0 Å². The van der Waals surface area contributed by atoms with Crippen molar-refractivity contribution in [1.29, 1.82) is 0 Å². The van der Waals surface area contributed by atoms with E-state index in [9.17, 15) is 9.59 Å². The van der Waals surface area contributed by atoms with Gasteiger partial charge in [0.15, 0.2) is 0 Å². The van der Waals surface area contributed by atoms with Crippen LogP contribution in [0.5, 0.6) is 0 Å². The lowest BCUT2D eigenvalue weighted by Gasteiger charge is -2.13. The molecule has 96 valence electrons. The number of nitrogens with one attached hydrogen (secondary N) is 1. The maximum atomic E-state index is 11.9. The second-order valence-corrected chi connectivity index (χ2v) is 4.27. The van der Waals surface area contributed by atoms with Gasteiger partial charge in [-0.2, -0.15) is 0 Å². The van der Waals surface area contributed by atoms with Gasteiger partial charge in [0.05, 0.1) is 0 Å². The fourth-order valence-corrected chi connectivity index (χ4v) is 1.74. The third kappa shape index (κ3) is 3.73. The zero-order chi connectivity index (χ0) is 13.7. The van der Waals surface area contributed by atoms with Gasteiger partial charge < -0.3 is 10.4 Å². The molecule has 1 rings (SSSR count). The largest absolute Gasteiger partial charge is 0.480 e. The predicted molar refractivity (Wildman–Crippen MR) is 69.6 cm³/mol. The Morgan fingerprint density at radius 1 is 1.33 bits per heavy atom. The number of carbonyl (C=O) groups is 2. The smallest absolute Gasteiger partial charge is 0.326 e. The van der Waals surface area contributed by atoms with Crippen LogP contribution in [0.15, 0.2) is 30.9 Å². The second-order valence-electron chi connectivity index (χ2n) is 4.27. The molecule has 0 aromatic heterocycles. The lowest BCUT2D eigenvalue weighted by atomic mass is 10.1. The molecular formula is C14H17NO3. The van der Waals surface area contributed by atoms with Gasteiger partial charge >= 0.3 is 5.97 Å². The molecule has 0 fully saturated rings. The summed E-state index contributed by atoms with van der Waals surface area (Å²) in [5.74, 6) is -1.44. The Morgan fingerprint density at radius 2 is 1.89 bits per heavy atom. The van der Waals surface area contributed by atoms with Gasteiger partial charge in [0, 0.05) is 5.56 Å². The second kappa shape index (κ2) is 6.00. The van der Waals surface area contributed by atoms with Crippen LogP contribution in [-0.2, 0) is 4.79 Å². The zero-order valence-electron chi connectivity index (χ0n) is 10.6. The number of benzene rings is 1. The van der Waals surface area contributed by atoms with Crippen LogP contribution >= 0.6 is 0 Å². The zero-order valence-corrected chi connectivity index (χ0v) is 10.6. The first-order valence-electron chi connectivity index (χ1n) is 5.67. The molecule has 0 heterocycles. The van der Waals surface area contributed by atoms with Crippen molar-refractivity contribution >= 4 is 11.9 Å². The summed E-state index contributed by atoms with van der Waals surface area (Å²) in [4.78, 5) is 22.9. The summed E-state index contributed by atoms with van der Waals surface area (Å²) in [5.41, 5.74) is 2.41. The summed E-state index contributed by atoms with van der Waals surface area (Å²) in [6, 6.07) is 4.48. The topological polar surface area (TPSA) is 66.4 Å². The number of amides is 1. The Labute approximate surface area is 106 Å². The van der Waals surface area contributed by atoms with Crippen molar-refractivity contribution in [2.24, 2.45) is 0 Å². The monoisotopic (exact) mass is 247 g/mol. The SMILES string of the molecule is C=CC[C@H](NC(=O)c1cc(C)cc(C)c1)C(=O)O. The van der Waals surface area contributed by atoms with E-state index in [0.717, 1.165) is 11.1 Å². The van der Waals surface area contributed by atoms with E-state index in [0.29, 0.717) is 5.56 Å². The number of aliphatic carboxylic acids is 1. The minimum absolute atomic E-state index is 0.200. The molecule has 1 aromatic carbocycles. The van der Waals surface area contributed by atoms with Crippen LogP contribution in [0, 0.1) is 13.8 Å². The van der Waals surface area contributed by atoms with Crippen molar-refractivity contribution in [2.75, 3.05) is 0 Å². The Balaban J connectivity index is 2.86. The van der Waals surface area contributed by atoms with Crippen LogP contribution in [0.3, 0.4) is 0 Å². The van der Waals surface area contributed by atoms with Crippen LogP contribution < -0.4 is 5.32 Å². The summed E-state index contributed by atoms with van der Waals surface area (Å²) in [6.07, 6.45) is 1.67. The van der Waals surface area contributed by atoms with Crippen LogP contribution in [0.1, 0.15) is 27.9 Å². The fourth-order valence-electron chi connectivity index (χ4n) is 1.74. The van der Waals surface area contributed by atoms with Crippen LogP contribution in [-0.4, -0.2) is 23.0 Å².